The van der Waals surface area contributed by atoms with Gasteiger partial charge >= 0.3 is 0 Å². The van der Waals surface area contributed by atoms with Gasteiger partial charge in [-0.2, -0.15) is 0 Å². The first-order chi connectivity index (χ1) is 6.57. The van der Waals surface area contributed by atoms with Crippen LogP contribution >= 0.6 is 0 Å². The number of halogens is 2. The summed E-state index contributed by atoms with van der Waals surface area (Å²) in [7, 11) is 0. The summed E-state index contributed by atoms with van der Waals surface area (Å²) >= 11 is -1.36. The molecule has 0 saturated carbocycles. The maximum Gasteiger partial charge on any atom is 0.244 e. The van der Waals surface area contributed by atoms with E-state index in [1.54, 1.807) is 20.8 Å². The quantitative estimate of drug-likeness (QED) is 0.548. The van der Waals surface area contributed by atoms with Crippen molar-refractivity contribution in [3.8, 4) is 0 Å². The van der Waals surface area contributed by atoms with Crippen LogP contribution < -0.4 is 0 Å². The van der Waals surface area contributed by atoms with E-state index in [9.17, 15) is 13.3 Å². The lowest BCUT2D eigenvalue weighted by Crippen LogP contribution is -2.27. The second-order valence-corrected chi connectivity index (χ2v) is 7.08. The summed E-state index contributed by atoms with van der Waals surface area (Å²) in [6.45, 7) is 8.30. The van der Waals surface area contributed by atoms with E-state index in [1.807, 2.05) is 0 Å². The van der Waals surface area contributed by atoms with Crippen LogP contribution in [0, 0.1) is 5.41 Å². The standard InChI is InChI=1S/C10H19F2NOS/c1-9(2,3)15(14)13-7-6-10(4,5)8(11)12/h7-8H,6H2,1-5H3/b13-7+. The summed E-state index contributed by atoms with van der Waals surface area (Å²) in [6, 6.07) is 0. The van der Waals surface area contributed by atoms with Crippen LogP contribution in [0.1, 0.15) is 41.0 Å². The van der Waals surface area contributed by atoms with Gasteiger partial charge in [0.1, 0.15) is 16.1 Å². The zero-order chi connectivity index (χ0) is 12.3. The van der Waals surface area contributed by atoms with Crippen LogP contribution in [0.15, 0.2) is 4.40 Å². The third-order valence-electron chi connectivity index (χ3n) is 1.90. The lowest BCUT2D eigenvalue weighted by atomic mass is 9.91. The normalized spacial score (nSPS) is 16.3. The number of nitrogens with zero attached hydrogens (tertiary/aromatic N) is 1. The zero-order valence-electron chi connectivity index (χ0n) is 9.88. The van der Waals surface area contributed by atoms with E-state index < -0.39 is 27.9 Å². The van der Waals surface area contributed by atoms with E-state index in [1.165, 1.54) is 20.1 Å². The van der Waals surface area contributed by atoms with E-state index >= 15 is 0 Å². The molecule has 0 aliphatic rings. The molecule has 0 aromatic rings. The number of alkyl halides is 2. The summed E-state index contributed by atoms with van der Waals surface area (Å²) in [6.07, 6.45) is -0.924. The second kappa shape index (κ2) is 5.25. The highest BCUT2D eigenvalue weighted by Gasteiger charge is 2.30. The lowest BCUT2D eigenvalue weighted by Gasteiger charge is -2.21. The van der Waals surface area contributed by atoms with Gasteiger partial charge in [-0.15, -0.1) is 0 Å². The van der Waals surface area contributed by atoms with Gasteiger partial charge in [0.25, 0.3) is 0 Å². The average molecular weight is 239 g/mol. The van der Waals surface area contributed by atoms with Crippen molar-refractivity contribution in [2.24, 2.45) is 9.81 Å². The van der Waals surface area contributed by atoms with Gasteiger partial charge in [0.15, 0.2) is 0 Å². The highest BCUT2D eigenvalue weighted by molar-refractivity contribution is 7.91. The first-order valence-electron chi connectivity index (χ1n) is 4.80. The van der Waals surface area contributed by atoms with Crippen LogP contribution in [-0.4, -0.2) is 21.9 Å². The number of hydrogen-bond acceptors (Lipinski definition) is 2. The van der Waals surface area contributed by atoms with Crippen LogP contribution in [0.2, 0.25) is 0 Å². The Morgan fingerprint density at radius 3 is 2.07 bits per heavy atom. The molecule has 0 aromatic heterocycles. The topological polar surface area (TPSA) is 35.4 Å². The minimum absolute atomic E-state index is 0.131. The molecule has 1 atom stereocenters. The van der Waals surface area contributed by atoms with E-state index in [0.717, 1.165) is 0 Å². The smallest absolute Gasteiger partial charge is 0.244 e. The van der Waals surface area contributed by atoms with Crippen LogP contribution in [0.25, 0.3) is 0 Å². The van der Waals surface area contributed by atoms with Gasteiger partial charge in [-0.1, -0.05) is 18.2 Å². The zero-order valence-corrected chi connectivity index (χ0v) is 10.7. The number of rotatable bonds is 4. The molecule has 0 aromatic carbocycles. The van der Waals surface area contributed by atoms with Gasteiger partial charge in [-0.3, -0.25) is 0 Å². The Morgan fingerprint density at radius 2 is 1.73 bits per heavy atom. The summed E-state index contributed by atoms with van der Waals surface area (Å²) in [5, 5.41) is 0. The molecule has 0 spiro atoms. The summed E-state index contributed by atoms with van der Waals surface area (Å²) in [4.78, 5) is 0. The Kier molecular flexibility index (Phi) is 5.20. The van der Waals surface area contributed by atoms with Gasteiger partial charge in [0, 0.05) is 5.41 Å². The van der Waals surface area contributed by atoms with Gasteiger partial charge in [-0.05, 0) is 27.2 Å². The molecular formula is C10H19F2NOS. The molecule has 0 heterocycles. The summed E-state index contributed by atoms with van der Waals surface area (Å²) in [5.41, 5.74) is -1.11. The van der Waals surface area contributed by atoms with Crippen LogP contribution in [0.5, 0.6) is 0 Å². The van der Waals surface area contributed by atoms with Crippen molar-refractivity contribution >= 4 is 17.6 Å². The molecule has 0 N–H and O–H groups in total. The van der Waals surface area contributed by atoms with Crippen molar-refractivity contribution in [2.75, 3.05) is 0 Å². The van der Waals surface area contributed by atoms with Crippen molar-refractivity contribution in [1.29, 1.82) is 0 Å². The van der Waals surface area contributed by atoms with Crippen molar-refractivity contribution in [3.63, 3.8) is 0 Å². The Hall–Kier alpha value is -0.160. The Bertz CT molecular complexity index is 224. The summed E-state index contributed by atoms with van der Waals surface area (Å²) in [5.74, 6) is 0. The Morgan fingerprint density at radius 1 is 1.27 bits per heavy atom. The monoisotopic (exact) mass is 239 g/mol. The second-order valence-electron chi connectivity index (χ2n) is 5.14. The largest absolute Gasteiger partial charge is 0.591 e. The fourth-order valence-corrected chi connectivity index (χ4v) is 1.11. The fourth-order valence-electron chi connectivity index (χ4n) is 0.587. The molecule has 0 aliphatic carbocycles. The van der Waals surface area contributed by atoms with E-state index in [-0.39, 0.29) is 6.42 Å². The highest BCUT2D eigenvalue weighted by atomic mass is 32.2. The SMILES string of the molecule is CC(C)(C/C=N/[S+]([O-])C(C)(C)C)C(F)F. The first kappa shape index (κ1) is 14.8. The molecule has 0 fully saturated rings. The average Bonchev–Trinajstić information content (AvgIpc) is 2.01. The predicted octanol–water partition coefficient (Wildman–Crippen LogP) is 3.20. The van der Waals surface area contributed by atoms with Crippen LogP contribution in [0.3, 0.4) is 0 Å². The van der Waals surface area contributed by atoms with Crippen molar-refractivity contribution in [3.05, 3.63) is 0 Å². The molecule has 1 unspecified atom stereocenters. The van der Waals surface area contributed by atoms with E-state index in [4.69, 9.17) is 0 Å². The maximum atomic E-state index is 12.4. The molecule has 15 heavy (non-hydrogen) atoms. The minimum Gasteiger partial charge on any atom is -0.591 e. The number of hydrogen-bond donors (Lipinski definition) is 0. The molecule has 0 rings (SSSR count). The molecule has 0 saturated heterocycles. The maximum absolute atomic E-state index is 12.4. The molecule has 2 nitrogen and oxygen atoms in total. The van der Waals surface area contributed by atoms with Gasteiger partial charge in [0.05, 0.1) is 6.21 Å². The Balaban J connectivity index is 4.22. The molecule has 0 amide bonds. The molecule has 5 heteroatoms. The van der Waals surface area contributed by atoms with Crippen molar-refractivity contribution in [1.82, 2.24) is 0 Å². The molecule has 90 valence electrons. The van der Waals surface area contributed by atoms with Crippen LogP contribution in [0.4, 0.5) is 8.78 Å². The van der Waals surface area contributed by atoms with E-state index in [0.29, 0.717) is 0 Å². The Labute approximate surface area is 93.5 Å². The van der Waals surface area contributed by atoms with E-state index in [2.05, 4.69) is 4.40 Å². The van der Waals surface area contributed by atoms with Gasteiger partial charge in [-0.25, -0.2) is 8.78 Å². The predicted molar refractivity (Wildman–Crippen MR) is 60.8 cm³/mol. The van der Waals surface area contributed by atoms with Gasteiger partial charge < -0.3 is 4.55 Å². The fraction of sp³-hybridized carbons (Fsp3) is 0.900. The van der Waals surface area contributed by atoms with Crippen molar-refractivity contribution in [2.45, 2.75) is 52.2 Å². The molecular weight excluding hydrogens is 220 g/mol. The molecule has 0 bridgehead atoms. The minimum atomic E-state index is -2.40. The highest BCUT2D eigenvalue weighted by Crippen LogP contribution is 2.28. The van der Waals surface area contributed by atoms with Crippen molar-refractivity contribution < 1.29 is 13.3 Å². The first-order valence-corrected chi connectivity index (χ1v) is 5.91. The lowest BCUT2D eigenvalue weighted by molar-refractivity contribution is 0.0253. The molecule has 0 aliphatic heterocycles. The van der Waals surface area contributed by atoms with Gasteiger partial charge in [0.2, 0.25) is 6.43 Å². The third-order valence-corrected chi connectivity index (χ3v) is 3.29. The molecule has 0 radical (unpaired) electrons. The third kappa shape index (κ3) is 5.47. The van der Waals surface area contributed by atoms with Crippen LogP contribution in [-0.2, 0) is 11.4 Å². The summed E-state index contributed by atoms with van der Waals surface area (Å²) < 4.78 is 39.7.